The molecule has 2 amide bonds. The smallest absolute Gasteiger partial charge is 0.433 e. The van der Waals surface area contributed by atoms with Crippen LogP contribution in [0.5, 0.6) is 5.75 Å². The molecule has 1 aromatic heterocycles. The van der Waals surface area contributed by atoms with Crippen molar-refractivity contribution in [2.75, 3.05) is 16.8 Å². The van der Waals surface area contributed by atoms with E-state index in [4.69, 9.17) is 0 Å². The van der Waals surface area contributed by atoms with Gasteiger partial charge in [-0.25, -0.2) is 8.78 Å². The highest BCUT2D eigenvalue weighted by atomic mass is 79.9. The molecule has 1 unspecified atom stereocenters. The SMILES string of the molecule is CCN(C(=O)c1ccncc1)c1cccc(C(=O)Nc2c(Br)cc(C(F)(C(F)(F)F)C(F)(F)Cl)cc2OC(F)F)c1F. The predicted octanol–water partition coefficient (Wildman–Crippen LogP) is 8.06. The topological polar surface area (TPSA) is 71.5 Å². The van der Waals surface area contributed by atoms with E-state index < -0.39 is 68.5 Å². The maximum absolute atomic E-state index is 15.5. The third kappa shape index (κ3) is 6.43. The number of amides is 2. The second-order valence-electron chi connectivity index (χ2n) is 8.24. The van der Waals surface area contributed by atoms with Crippen molar-refractivity contribution in [2.24, 2.45) is 0 Å². The highest BCUT2D eigenvalue weighted by molar-refractivity contribution is 9.10. The zero-order valence-electron chi connectivity index (χ0n) is 20.8. The Hall–Kier alpha value is -3.53. The van der Waals surface area contributed by atoms with Gasteiger partial charge in [0.2, 0.25) is 0 Å². The van der Waals surface area contributed by atoms with Crippen LogP contribution in [0.15, 0.2) is 59.3 Å². The summed E-state index contributed by atoms with van der Waals surface area (Å²) in [6, 6.07) is 5.93. The fourth-order valence-corrected chi connectivity index (χ4v) is 4.49. The number of nitrogens with one attached hydrogen (secondary N) is 1. The number of aromatic nitrogens is 1. The number of hydrogen-bond donors (Lipinski definition) is 1. The summed E-state index contributed by atoms with van der Waals surface area (Å²) < 4.78 is 127. The van der Waals surface area contributed by atoms with Gasteiger partial charge in [-0.15, -0.1) is 0 Å². The van der Waals surface area contributed by atoms with Gasteiger partial charge in [0.25, 0.3) is 11.8 Å². The summed E-state index contributed by atoms with van der Waals surface area (Å²) in [5, 5.41) is -3.69. The minimum Gasteiger partial charge on any atom is -0.433 e. The monoisotopic (exact) mass is 691 g/mol. The van der Waals surface area contributed by atoms with E-state index in [1.807, 2.05) is 5.32 Å². The van der Waals surface area contributed by atoms with Gasteiger partial charge in [-0.3, -0.25) is 14.6 Å². The van der Waals surface area contributed by atoms with Crippen molar-refractivity contribution in [3.8, 4) is 5.75 Å². The summed E-state index contributed by atoms with van der Waals surface area (Å²) in [5.74, 6) is -4.71. The molecular formula is C25H16BrClF9N3O3. The maximum atomic E-state index is 15.5. The van der Waals surface area contributed by atoms with Crippen molar-refractivity contribution in [3.05, 3.63) is 81.8 Å². The molecule has 0 saturated carbocycles. The molecule has 0 fully saturated rings. The highest BCUT2D eigenvalue weighted by Crippen LogP contribution is 2.56. The molecule has 0 radical (unpaired) electrons. The Balaban J connectivity index is 2.07. The van der Waals surface area contributed by atoms with Crippen LogP contribution >= 0.6 is 27.5 Å². The number of benzene rings is 2. The summed E-state index contributed by atoms with van der Waals surface area (Å²) in [4.78, 5) is 30.7. The highest BCUT2D eigenvalue weighted by Gasteiger charge is 2.72. The third-order valence-corrected chi connectivity index (χ3v) is 6.58. The first-order chi connectivity index (χ1) is 19.4. The van der Waals surface area contributed by atoms with Crippen molar-refractivity contribution in [2.45, 2.75) is 30.8 Å². The van der Waals surface area contributed by atoms with E-state index in [-0.39, 0.29) is 29.9 Å². The number of alkyl halides is 9. The quantitative estimate of drug-likeness (QED) is 0.182. The normalized spacial score (nSPS) is 13.5. The fraction of sp³-hybridized carbons (Fsp3) is 0.240. The lowest BCUT2D eigenvalue weighted by molar-refractivity contribution is -0.286. The van der Waals surface area contributed by atoms with E-state index in [0.29, 0.717) is 0 Å². The Labute approximate surface area is 244 Å². The van der Waals surface area contributed by atoms with Crippen LogP contribution in [0.2, 0.25) is 0 Å². The Bertz CT molecular complexity index is 1460. The molecule has 1 heterocycles. The number of rotatable bonds is 9. The second-order valence-corrected chi connectivity index (χ2v) is 9.57. The second kappa shape index (κ2) is 12.4. The molecular weight excluding hydrogens is 677 g/mol. The van der Waals surface area contributed by atoms with Crippen molar-refractivity contribution in [1.29, 1.82) is 0 Å². The first kappa shape index (κ1) is 33.0. The lowest BCUT2D eigenvalue weighted by atomic mass is 9.94. The van der Waals surface area contributed by atoms with Gasteiger partial charge in [0.05, 0.1) is 16.9 Å². The Morgan fingerprint density at radius 3 is 2.21 bits per heavy atom. The molecule has 0 aliphatic heterocycles. The number of carbonyl (C=O) groups excluding carboxylic acids is 2. The molecule has 0 aliphatic carbocycles. The van der Waals surface area contributed by atoms with Gasteiger partial charge >= 0.3 is 23.8 Å². The van der Waals surface area contributed by atoms with Crippen LogP contribution in [0, 0.1) is 5.82 Å². The van der Waals surface area contributed by atoms with E-state index >= 15 is 4.39 Å². The maximum Gasteiger partial charge on any atom is 0.434 e. The summed E-state index contributed by atoms with van der Waals surface area (Å²) in [5.41, 5.74) is -9.44. The zero-order valence-corrected chi connectivity index (χ0v) is 23.1. The zero-order chi connectivity index (χ0) is 31.6. The number of halogens is 11. The van der Waals surface area contributed by atoms with Crippen LogP contribution in [0.1, 0.15) is 33.2 Å². The Morgan fingerprint density at radius 1 is 1.07 bits per heavy atom. The predicted molar refractivity (Wildman–Crippen MR) is 136 cm³/mol. The molecule has 0 aliphatic rings. The van der Waals surface area contributed by atoms with E-state index in [0.717, 1.165) is 17.0 Å². The molecule has 6 nitrogen and oxygen atoms in total. The van der Waals surface area contributed by atoms with Crippen molar-refractivity contribution >= 4 is 50.7 Å². The lowest BCUT2D eigenvalue weighted by Crippen LogP contribution is -2.49. The van der Waals surface area contributed by atoms with Crippen LogP contribution < -0.4 is 15.0 Å². The minimum atomic E-state index is -6.34. The summed E-state index contributed by atoms with van der Waals surface area (Å²) in [6.45, 7) is -2.36. The van der Waals surface area contributed by atoms with Crippen LogP contribution in [0.4, 0.5) is 50.9 Å². The Kier molecular flexibility index (Phi) is 9.71. The van der Waals surface area contributed by atoms with E-state index in [1.165, 1.54) is 37.5 Å². The molecule has 17 heteroatoms. The van der Waals surface area contributed by atoms with Crippen LogP contribution in [-0.4, -0.2) is 41.5 Å². The molecule has 226 valence electrons. The first-order valence-corrected chi connectivity index (χ1v) is 12.5. The van der Waals surface area contributed by atoms with Gasteiger partial charge in [0.15, 0.2) is 11.6 Å². The van der Waals surface area contributed by atoms with E-state index in [9.17, 15) is 44.7 Å². The van der Waals surface area contributed by atoms with Gasteiger partial charge in [0.1, 0.15) is 0 Å². The molecule has 2 aromatic carbocycles. The number of pyridine rings is 1. The van der Waals surface area contributed by atoms with Crippen LogP contribution in [-0.2, 0) is 5.67 Å². The summed E-state index contributed by atoms with van der Waals surface area (Å²) in [7, 11) is 0. The number of carbonyl (C=O) groups is 2. The minimum absolute atomic E-state index is 0.0715. The third-order valence-electron chi connectivity index (χ3n) is 5.69. The van der Waals surface area contributed by atoms with Crippen molar-refractivity contribution < 1.29 is 53.8 Å². The molecule has 1 atom stereocenters. The van der Waals surface area contributed by atoms with E-state index in [2.05, 4.69) is 37.3 Å². The van der Waals surface area contributed by atoms with Gasteiger partial charge in [-0.2, -0.15) is 30.7 Å². The molecule has 0 spiro atoms. The summed E-state index contributed by atoms with van der Waals surface area (Å²) >= 11 is 7.04. The number of ether oxygens (including phenoxy) is 1. The van der Waals surface area contributed by atoms with Gasteiger partial charge < -0.3 is 15.0 Å². The molecule has 3 rings (SSSR count). The molecule has 1 N–H and O–H groups in total. The number of nitrogens with zero attached hydrogens (tertiary/aromatic N) is 2. The molecule has 0 bridgehead atoms. The van der Waals surface area contributed by atoms with Crippen LogP contribution in [0.25, 0.3) is 0 Å². The molecule has 0 saturated heterocycles. The largest absolute Gasteiger partial charge is 0.434 e. The number of hydrogen-bond acceptors (Lipinski definition) is 4. The van der Waals surface area contributed by atoms with Crippen molar-refractivity contribution in [1.82, 2.24) is 4.98 Å². The van der Waals surface area contributed by atoms with Gasteiger partial charge in [0, 0.05) is 34.5 Å². The summed E-state index contributed by atoms with van der Waals surface area (Å²) in [6.07, 6.45) is -3.70. The standard InChI is InChI=1S/C25H16BrClF9N3O3/c1-2-39(21(41)12-6-8-37-9-7-12)16-5-3-4-14(18(16)28)20(40)38-19-15(26)10-13(11-17(19)42-22(29)30)23(31,24(27,32)33)25(34,35)36/h3-11,22H,2H2,1H3,(H,38,40). The molecule has 42 heavy (non-hydrogen) atoms. The lowest BCUT2D eigenvalue weighted by Gasteiger charge is -2.32. The Morgan fingerprint density at radius 2 is 1.69 bits per heavy atom. The average molecular weight is 693 g/mol. The van der Waals surface area contributed by atoms with Gasteiger partial charge in [-0.05, 0) is 70.9 Å². The average Bonchev–Trinajstić information content (AvgIpc) is 2.90. The first-order valence-electron chi connectivity index (χ1n) is 11.4. The number of anilines is 2. The van der Waals surface area contributed by atoms with Crippen LogP contribution in [0.3, 0.4) is 0 Å². The fourth-order valence-electron chi connectivity index (χ4n) is 3.74. The van der Waals surface area contributed by atoms with Gasteiger partial charge in [-0.1, -0.05) is 6.07 Å². The molecule has 3 aromatic rings. The van der Waals surface area contributed by atoms with Crippen molar-refractivity contribution in [3.63, 3.8) is 0 Å². The van der Waals surface area contributed by atoms with E-state index in [1.54, 1.807) is 0 Å².